The Morgan fingerprint density at radius 3 is 2.23 bits per heavy atom. The number of carbonyl (C=O) groups excluding carboxylic acids is 2. The van der Waals surface area contributed by atoms with E-state index >= 15 is 0 Å². The van der Waals surface area contributed by atoms with E-state index in [0.29, 0.717) is 24.9 Å². The Bertz CT molecular complexity index is 1630. The van der Waals surface area contributed by atoms with Crippen molar-refractivity contribution in [3.05, 3.63) is 84.0 Å². The maximum Gasteiger partial charge on any atom is 0.317 e. The summed E-state index contributed by atoms with van der Waals surface area (Å²) in [7, 11) is 0. The van der Waals surface area contributed by atoms with Crippen LogP contribution in [0.1, 0.15) is 96.3 Å². The summed E-state index contributed by atoms with van der Waals surface area (Å²) >= 11 is 0. The second-order valence-electron chi connectivity index (χ2n) is 16.6. The monoisotopic (exact) mass is 650 g/mol. The van der Waals surface area contributed by atoms with Crippen LogP contribution >= 0.6 is 0 Å². The van der Waals surface area contributed by atoms with E-state index in [-0.39, 0.29) is 47.1 Å². The van der Waals surface area contributed by atoms with E-state index in [1.807, 2.05) is 61.2 Å². The van der Waals surface area contributed by atoms with Crippen molar-refractivity contribution in [1.82, 2.24) is 10.2 Å². The van der Waals surface area contributed by atoms with Gasteiger partial charge in [-0.2, -0.15) is 0 Å². The zero-order chi connectivity index (χ0) is 34.1. The standard InChI is InChI=1S/C42H54N2O4/c1-6-24-44(37(47)43-28(2)3)27-41(48)21-18-35-39(41,5)20-17-34-38(4)19-16-32(45)25-40(38)22-23-42(34,35)33(26-40)36(46)31-14-12-30(13-15-31)29-10-8-7-9-11-29/h7-15,22-23,26,28,32,34-35,45,48H,6,16-21,24-25,27H2,1-5H3,(H,43,47)/t32?,34-,35-,38-,39+,40+,41-,42-/m1/s1. The van der Waals surface area contributed by atoms with Crippen LogP contribution in [0.5, 0.6) is 0 Å². The predicted octanol–water partition coefficient (Wildman–Crippen LogP) is 7.96. The van der Waals surface area contributed by atoms with E-state index in [1.165, 1.54) is 0 Å². The normalized spacial score (nSPS) is 37.8. The van der Waals surface area contributed by atoms with Crippen LogP contribution in [0.4, 0.5) is 4.79 Å². The van der Waals surface area contributed by atoms with Crippen molar-refractivity contribution in [3.8, 4) is 11.1 Å². The molecule has 48 heavy (non-hydrogen) atoms. The smallest absolute Gasteiger partial charge is 0.317 e. The molecule has 0 radical (unpaired) electrons. The summed E-state index contributed by atoms with van der Waals surface area (Å²) in [5.74, 6) is 0.336. The number of aliphatic hydroxyl groups excluding tert-OH is 1. The number of aliphatic hydroxyl groups is 2. The third-order valence-corrected chi connectivity index (χ3v) is 13.9. The molecule has 2 spiro atoms. The Hall–Kier alpha value is -3.22. The summed E-state index contributed by atoms with van der Waals surface area (Å²) in [6, 6.07) is 18.2. The molecule has 8 atom stereocenters. The van der Waals surface area contributed by atoms with Gasteiger partial charge in [0.05, 0.1) is 18.2 Å². The van der Waals surface area contributed by atoms with Crippen molar-refractivity contribution in [1.29, 1.82) is 0 Å². The second-order valence-corrected chi connectivity index (χ2v) is 16.6. The van der Waals surface area contributed by atoms with Crippen LogP contribution < -0.4 is 5.32 Å². The van der Waals surface area contributed by atoms with Gasteiger partial charge in [-0.1, -0.05) is 93.6 Å². The number of urea groups is 1. The summed E-state index contributed by atoms with van der Waals surface area (Å²) in [6.45, 7) is 11.5. The minimum absolute atomic E-state index is 0.0119. The number of carbonyl (C=O) groups is 2. The van der Waals surface area contributed by atoms with E-state index in [0.717, 1.165) is 55.2 Å². The van der Waals surface area contributed by atoms with Gasteiger partial charge in [0.25, 0.3) is 0 Å². The van der Waals surface area contributed by atoms with Gasteiger partial charge in [0.15, 0.2) is 5.78 Å². The Labute approximate surface area is 286 Å². The first-order chi connectivity index (χ1) is 22.8. The fourth-order valence-electron chi connectivity index (χ4n) is 11.4. The average molecular weight is 651 g/mol. The molecular weight excluding hydrogens is 596 g/mol. The number of hydrogen-bond donors (Lipinski definition) is 3. The lowest BCUT2D eigenvalue weighted by atomic mass is 9.32. The lowest BCUT2D eigenvalue weighted by Gasteiger charge is -2.71. The molecule has 3 N–H and O–H groups in total. The number of nitrogens with one attached hydrogen (secondary N) is 1. The zero-order valence-electron chi connectivity index (χ0n) is 29.5. The number of rotatable bonds is 8. The molecule has 0 aliphatic heterocycles. The molecule has 2 aromatic carbocycles. The lowest BCUT2D eigenvalue weighted by molar-refractivity contribution is -0.174. The topological polar surface area (TPSA) is 89.9 Å². The Morgan fingerprint density at radius 1 is 0.896 bits per heavy atom. The van der Waals surface area contributed by atoms with Crippen LogP contribution in [-0.4, -0.2) is 57.8 Å². The summed E-state index contributed by atoms with van der Waals surface area (Å²) < 4.78 is 0. The number of allylic oxidation sites excluding steroid dienone is 4. The van der Waals surface area contributed by atoms with Gasteiger partial charge in [0, 0.05) is 40.0 Å². The molecule has 2 amide bonds. The molecule has 6 heteroatoms. The Morgan fingerprint density at radius 2 is 1.54 bits per heavy atom. The molecule has 1 unspecified atom stereocenters. The van der Waals surface area contributed by atoms with Gasteiger partial charge >= 0.3 is 6.03 Å². The molecule has 3 saturated carbocycles. The first-order valence-corrected chi connectivity index (χ1v) is 18.4. The largest absolute Gasteiger partial charge is 0.393 e. The average Bonchev–Trinajstić information content (AvgIpc) is 3.34. The van der Waals surface area contributed by atoms with Crippen LogP contribution in [-0.2, 0) is 0 Å². The van der Waals surface area contributed by atoms with Crippen LogP contribution in [0.25, 0.3) is 11.1 Å². The summed E-state index contributed by atoms with van der Waals surface area (Å²) in [6.07, 6.45) is 12.9. The predicted molar refractivity (Wildman–Crippen MR) is 190 cm³/mol. The maximum atomic E-state index is 15.0. The van der Waals surface area contributed by atoms with Crippen molar-refractivity contribution in [2.45, 2.75) is 104 Å². The van der Waals surface area contributed by atoms with E-state index in [4.69, 9.17) is 0 Å². The number of benzene rings is 2. The van der Waals surface area contributed by atoms with Crippen molar-refractivity contribution in [3.63, 3.8) is 0 Å². The molecule has 6 nitrogen and oxygen atoms in total. The van der Waals surface area contributed by atoms with Crippen LogP contribution in [0.15, 0.2) is 78.4 Å². The number of fused-ring (bicyclic) bond motifs is 1. The maximum absolute atomic E-state index is 15.0. The molecule has 3 fully saturated rings. The van der Waals surface area contributed by atoms with Gasteiger partial charge in [0.1, 0.15) is 0 Å². The van der Waals surface area contributed by atoms with Crippen LogP contribution in [0.3, 0.4) is 0 Å². The summed E-state index contributed by atoms with van der Waals surface area (Å²) in [5.41, 5.74) is 1.19. The molecule has 6 aliphatic carbocycles. The highest BCUT2D eigenvalue weighted by Gasteiger charge is 2.74. The minimum Gasteiger partial charge on any atom is -0.393 e. The lowest BCUT2D eigenvalue weighted by Crippen LogP contribution is -2.67. The molecule has 2 aromatic rings. The van der Waals surface area contributed by atoms with Crippen molar-refractivity contribution in [2.24, 2.45) is 33.5 Å². The first-order valence-electron chi connectivity index (χ1n) is 18.4. The van der Waals surface area contributed by atoms with Gasteiger partial charge in [-0.05, 0) is 93.6 Å². The van der Waals surface area contributed by atoms with Crippen molar-refractivity contribution >= 4 is 11.8 Å². The van der Waals surface area contributed by atoms with Crippen LogP contribution in [0.2, 0.25) is 0 Å². The summed E-state index contributed by atoms with van der Waals surface area (Å²) in [4.78, 5) is 30.1. The Kier molecular flexibility index (Phi) is 8.11. The first kappa shape index (κ1) is 33.3. The van der Waals surface area contributed by atoms with Crippen molar-refractivity contribution < 1.29 is 19.8 Å². The Balaban J connectivity index is 1.30. The van der Waals surface area contributed by atoms with Gasteiger partial charge in [0.2, 0.25) is 0 Å². The molecule has 2 bridgehead atoms. The fraction of sp³-hybridized carbons (Fsp3) is 0.571. The highest BCUT2D eigenvalue weighted by atomic mass is 16.3. The van der Waals surface area contributed by atoms with Crippen LogP contribution in [0, 0.1) is 33.5 Å². The third-order valence-electron chi connectivity index (χ3n) is 13.9. The SMILES string of the molecule is CCCN(C[C@]1(O)CC[C@H]2[C@]34C=C[C@@]5(C=C3C(=O)c3ccc(-c6ccccc6)cc3)CC(O)CC[C@]5(C)[C@H]4CC[C@@]21C)C(=O)NC(C)C. The zero-order valence-corrected chi connectivity index (χ0v) is 29.5. The number of Topliss-reactive ketones (excluding diaryl/α,β-unsaturated/α-hetero) is 1. The quantitative estimate of drug-likeness (QED) is 0.200. The number of hydrogen-bond acceptors (Lipinski definition) is 4. The molecule has 8 rings (SSSR count). The van der Waals surface area contributed by atoms with Crippen molar-refractivity contribution in [2.75, 3.05) is 13.1 Å². The van der Waals surface area contributed by atoms with E-state index in [2.05, 4.69) is 56.4 Å². The number of amides is 2. The molecular formula is C42H54N2O4. The van der Waals surface area contributed by atoms with Gasteiger partial charge in [-0.25, -0.2) is 4.79 Å². The third kappa shape index (κ3) is 4.72. The van der Waals surface area contributed by atoms with E-state index in [9.17, 15) is 19.8 Å². The second kappa shape index (κ2) is 11.7. The number of nitrogens with zero attached hydrogens (tertiary/aromatic N) is 1. The van der Waals surface area contributed by atoms with E-state index in [1.54, 1.807) is 0 Å². The molecule has 256 valence electrons. The molecule has 6 aliphatic rings. The molecule has 0 aromatic heterocycles. The van der Waals surface area contributed by atoms with Gasteiger partial charge < -0.3 is 20.4 Å². The van der Waals surface area contributed by atoms with Gasteiger partial charge in [-0.3, -0.25) is 4.79 Å². The molecule has 0 heterocycles. The highest BCUT2D eigenvalue weighted by molar-refractivity contribution is 6.10. The van der Waals surface area contributed by atoms with Gasteiger partial charge in [-0.15, -0.1) is 0 Å². The fourth-order valence-corrected chi connectivity index (χ4v) is 11.4. The molecule has 0 saturated heterocycles. The minimum atomic E-state index is -1.07. The summed E-state index contributed by atoms with van der Waals surface area (Å²) in [5, 5.41) is 26.8. The van der Waals surface area contributed by atoms with E-state index < -0.39 is 22.5 Å². The highest BCUT2D eigenvalue weighted by Crippen LogP contribution is 2.78. The number of ketones is 1.